The molecule has 0 aliphatic carbocycles. The minimum Gasteiger partial charge on any atom is -0.463 e. The molecule has 1 atom stereocenters. The van der Waals surface area contributed by atoms with Crippen molar-refractivity contribution < 1.29 is 14.3 Å². The van der Waals surface area contributed by atoms with Crippen molar-refractivity contribution in [3.05, 3.63) is 0 Å². The Morgan fingerprint density at radius 2 is 2.20 bits per heavy atom. The van der Waals surface area contributed by atoms with E-state index < -0.39 is 0 Å². The monoisotopic (exact) mass is 146 g/mol. The van der Waals surface area contributed by atoms with Crippen molar-refractivity contribution in [2.45, 2.75) is 26.4 Å². The lowest BCUT2D eigenvalue weighted by Gasteiger charge is -2.11. The maximum atomic E-state index is 10.3. The van der Waals surface area contributed by atoms with Gasteiger partial charge in [-0.25, -0.2) is 0 Å². The number of carbonyl (C=O) groups excluding carboxylic acids is 1. The normalized spacial score (nSPS) is 12.7. The minimum absolute atomic E-state index is 0.0453. The van der Waals surface area contributed by atoms with Crippen molar-refractivity contribution in [1.29, 1.82) is 0 Å². The second-order valence-electron chi connectivity index (χ2n) is 2.07. The first-order valence-electron chi connectivity index (χ1n) is 3.36. The molecular formula is C7H14O3. The molecule has 3 heteroatoms. The standard InChI is InChI=1S/C7H14O3/c1-4-7(9-3)5-10-6(2)8/h7H,4-5H2,1-3H3/t7-/m1/s1. The summed E-state index contributed by atoms with van der Waals surface area (Å²) >= 11 is 0. The van der Waals surface area contributed by atoms with Crippen molar-refractivity contribution >= 4 is 5.97 Å². The Hall–Kier alpha value is -0.570. The Kier molecular flexibility index (Phi) is 4.94. The van der Waals surface area contributed by atoms with Crippen molar-refractivity contribution in [2.75, 3.05) is 13.7 Å². The molecule has 0 fully saturated rings. The number of methoxy groups -OCH3 is 1. The summed E-state index contributed by atoms with van der Waals surface area (Å²) in [6.45, 7) is 3.74. The highest BCUT2D eigenvalue weighted by atomic mass is 16.6. The van der Waals surface area contributed by atoms with Crippen LogP contribution in [0.4, 0.5) is 0 Å². The Morgan fingerprint density at radius 3 is 2.50 bits per heavy atom. The van der Waals surface area contributed by atoms with Crippen LogP contribution in [0.25, 0.3) is 0 Å². The highest BCUT2D eigenvalue weighted by Crippen LogP contribution is 1.96. The lowest BCUT2D eigenvalue weighted by Crippen LogP contribution is -2.18. The van der Waals surface area contributed by atoms with Gasteiger partial charge >= 0.3 is 5.97 Å². The Bertz CT molecular complexity index is 97.0. The highest BCUT2D eigenvalue weighted by molar-refractivity contribution is 5.65. The van der Waals surface area contributed by atoms with E-state index in [0.29, 0.717) is 6.61 Å². The molecule has 0 saturated heterocycles. The number of rotatable bonds is 4. The molecule has 0 aliphatic rings. The number of ether oxygens (including phenoxy) is 2. The second-order valence-corrected chi connectivity index (χ2v) is 2.07. The quantitative estimate of drug-likeness (QED) is 0.554. The zero-order valence-electron chi connectivity index (χ0n) is 6.72. The molecule has 0 amide bonds. The van der Waals surface area contributed by atoms with Gasteiger partial charge in [0.2, 0.25) is 0 Å². The molecule has 0 saturated carbocycles. The van der Waals surface area contributed by atoms with Crippen LogP contribution in [0, 0.1) is 0 Å². The Balaban J connectivity index is 3.34. The summed E-state index contributed by atoms with van der Waals surface area (Å²) in [5.41, 5.74) is 0. The average Bonchev–Trinajstić information content (AvgIpc) is 1.90. The van der Waals surface area contributed by atoms with E-state index in [1.807, 2.05) is 6.92 Å². The summed E-state index contributed by atoms with van der Waals surface area (Å²) in [7, 11) is 1.61. The molecule has 3 nitrogen and oxygen atoms in total. The summed E-state index contributed by atoms with van der Waals surface area (Å²) < 4.78 is 9.69. The van der Waals surface area contributed by atoms with Gasteiger partial charge in [0.1, 0.15) is 6.61 Å². The SMILES string of the molecule is CC[C@H](COC(C)=O)OC. The molecule has 60 valence electrons. The maximum Gasteiger partial charge on any atom is 0.302 e. The Labute approximate surface area is 61.3 Å². The van der Waals surface area contributed by atoms with Gasteiger partial charge in [-0.05, 0) is 6.42 Å². The molecule has 0 heterocycles. The average molecular weight is 146 g/mol. The third-order valence-electron chi connectivity index (χ3n) is 1.26. The molecule has 0 rings (SSSR count). The first-order chi connectivity index (χ1) is 4.70. The van der Waals surface area contributed by atoms with E-state index in [1.165, 1.54) is 6.92 Å². The van der Waals surface area contributed by atoms with Gasteiger partial charge in [0.25, 0.3) is 0 Å². The van der Waals surface area contributed by atoms with E-state index in [9.17, 15) is 4.79 Å². The number of carbonyl (C=O) groups is 1. The summed E-state index contributed by atoms with van der Waals surface area (Å²) in [5.74, 6) is -0.254. The number of hydrogen-bond acceptors (Lipinski definition) is 3. The highest BCUT2D eigenvalue weighted by Gasteiger charge is 2.04. The number of hydrogen-bond donors (Lipinski definition) is 0. The van der Waals surface area contributed by atoms with Gasteiger partial charge in [0.05, 0.1) is 6.10 Å². The molecule has 0 aromatic carbocycles. The van der Waals surface area contributed by atoms with E-state index in [-0.39, 0.29) is 12.1 Å². The van der Waals surface area contributed by atoms with E-state index >= 15 is 0 Å². The van der Waals surface area contributed by atoms with Crippen LogP contribution in [0.1, 0.15) is 20.3 Å². The lowest BCUT2D eigenvalue weighted by atomic mass is 10.3. The number of esters is 1. The molecule has 0 unspecified atom stereocenters. The molecule has 0 aliphatic heterocycles. The third kappa shape index (κ3) is 4.32. The topological polar surface area (TPSA) is 35.5 Å². The van der Waals surface area contributed by atoms with Crippen LogP contribution in [-0.4, -0.2) is 25.8 Å². The van der Waals surface area contributed by atoms with Gasteiger partial charge in [0, 0.05) is 14.0 Å². The van der Waals surface area contributed by atoms with E-state index in [1.54, 1.807) is 7.11 Å². The molecular weight excluding hydrogens is 132 g/mol. The van der Waals surface area contributed by atoms with E-state index in [0.717, 1.165) is 6.42 Å². The van der Waals surface area contributed by atoms with Crippen LogP contribution in [0.5, 0.6) is 0 Å². The Morgan fingerprint density at radius 1 is 1.60 bits per heavy atom. The summed E-state index contributed by atoms with van der Waals surface area (Å²) in [5, 5.41) is 0. The molecule has 0 aromatic rings. The molecule has 10 heavy (non-hydrogen) atoms. The summed E-state index contributed by atoms with van der Waals surface area (Å²) in [6.07, 6.45) is 0.910. The first-order valence-corrected chi connectivity index (χ1v) is 3.36. The predicted octanol–water partition coefficient (Wildman–Crippen LogP) is 0.975. The zero-order chi connectivity index (χ0) is 7.98. The van der Waals surface area contributed by atoms with Crippen molar-refractivity contribution in [3.8, 4) is 0 Å². The molecule has 0 radical (unpaired) electrons. The first kappa shape index (κ1) is 9.43. The fraction of sp³-hybridized carbons (Fsp3) is 0.857. The summed E-state index contributed by atoms with van der Waals surface area (Å²) in [6, 6.07) is 0. The van der Waals surface area contributed by atoms with E-state index in [4.69, 9.17) is 9.47 Å². The van der Waals surface area contributed by atoms with Gasteiger partial charge in [-0.1, -0.05) is 6.92 Å². The van der Waals surface area contributed by atoms with Gasteiger partial charge in [-0.2, -0.15) is 0 Å². The third-order valence-corrected chi connectivity index (χ3v) is 1.26. The van der Waals surface area contributed by atoms with Crippen LogP contribution < -0.4 is 0 Å². The lowest BCUT2D eigenvalue weighted by molar-refractivity contribution is -0.144. The maximum absolute atomic E-state index is 10.3. The van der Waals surface area contributed by atoms with Gasteiger partial charge in [-0.3, -0.25) is 4.79 Å². The van der Waals surface area contributed by atoms with Crippen LogP contribution in [0.15, 0.2) is 0 Å². The summed E-state index contributed by atoms with van der Waals surface area (Å²) in [4.78, 5) is 10.3. The van der Waals surface area contributed by atoms with Crippen molar-refractivity contribution in [2.24, 2.45) is 0 Å². The minimum atomic E-state index is -0.254. The zero-order valence-corrected chi connectivity index (χ0v) is 6.72. The predicted molar refractivity (Wildman–Crippen MR) is 37.7 cm³/mol. The second kappa shape index (κ2) is 5.23. The molecule has 0 aromatic heterocycles. The van der Waals surface area contributed by atoms with Crippen LogP contribution in [-0.2, 0) is 14.3 Å². The molecule has 0 spiro atoms. The smallest absolute Gasteiger partial charge is 0.302 e. The van der Waals surface area contributed by atoms with Crippen LogP contribution >= 0.6 is 0 Å². The fourth-order valence-corrected chi connectivity index (χ4v) is 0.563. The van der Waals surface area contributed by atoms with Gasteiger partial charge in [-0.15, -0.1) is 0 Å². The molecule has 0 bridgehead atoms. The van der Waals surface area contributed by atoms with Crippen molar-refractivity contribution in [3.63, 3.8) is 0 Å². The fourth-order valence-electron chi connectivity index (χ4n) is 0.563. The van der Waals surface area contributed by atoms with Crippen molar-refractivity contribution in [1.82, 2.24) is 0 Å². The van der Waals surface area contributed by atoms with Gasteiger partial charge in [0.15, 0.2) is 0 Å². The van der Waals surface area contributed by atoms with Crippen LogP contribution in [0.2, 0.25) is 0 Å². The van der Waals surface area contributed by atoms with Crippen LogP contribution in [0.3, 0.4) is 0 Å². The van der Waals surface area contributed by atoms with Gasteiger partial charge < -0.3 is 9.47 Å². The largest absolute Gasteiger partial charge is 0.463 e. The molecule has 0 N–H and O–H groups in total. The van der Waals surface area contributed by atoms with E-state index in [2.05, 4.69) is 0 Å².